The zero-order chi connectivity index (χ0) is 22.5. The Balaban J connectivity index is 1.74. The van der Waals surface area contributed by atoms with Crippen molar-refractivity contribution in [2.24, 2.45) is 0 Å². The summed E-state index contributed by atoms with van der Waals surface area (Å²) >= 11 is 5.25. The zero-order valence-electron chi connectivity index (χ0n) is 16.5. The van der Waals surface area contributed by atoms with E-state index in [1.807, 2.05) is 30.3 Å². The first kappa shape index (κ1) is 20.9. The molecule has 0 saturated heterocycles. The van der Waals surface area contributed by atoms with Crippen LogP contribution in [0.25, 0.3) is 17.3 Å². The van der Waals surface area contributed by atoms with Gasteiger partial charge < -0.3 is 9.84 Å². The van der Waals surface area contributed by atoms with Crippen LogP contribution in [-0.4, -0.2) is 30.9 Å². The molecule has 4 aromatic rings. The van der Waals surface area contributed by atoms with Gasteiger partial charge in [0, 0.05) is 11.8 Å². The van der Waals surface area contributed by atoms with Gasteiger partial charge in [0.05, 0.1) is 11.4 Å². The molecular formula is C23H16N4O4S. The Bertz CT molecular complexity index is 1400. The summed E-state index contributed by atoms with van der Waals surface area (Å²) in [6, 6.07) is 17.6. The quantitative estimate of drug-likeness (QED) is 0.263. The summed E-state index contributed by atoms with van der Waals surface area (Å²) < 4.78 is 7.06. The SMILES string of the molecule is O=CC(=Cc1c(O)n(-c2ccc(Oc3ccccc3)cc2)c(=S)[nH]c1=O)c1ccncn1. The van der Waals surface area contributed by atoms with Crippen molar-refractivity contribution in [3.63, 3.8) is 0 Å². The van der Waals surface area contributed by atoms with Gasteiger partial charge in [0.1, 0.15) is 23.4 Å². The van der Waals surface area contributed by atoms with E-state index in [4.69, 9.17) is 17.0 Å². The first-order valence-electron chi connectivity index (χ1n) is 9.41. The maximum Gasteiger partial charge on any atom is 0.262 e. The van der Waals surface area contributed by atoms with Crippen molar-refractivity contribution in [1.29, 1.82) is 0 Å². The molecule has 0 bridgehead atoms. The fourth-order valence-corrected chi connectivity index (χ4v) is 3.27. The van der Waals surface area contributed by atoms with Crippen LogP contribution >= 0.6 is 12.2 Å². The highest BCUT2D eigenvalue weighted by Crippen LogP contribution is 2.26. The number of aromatic hydroxyl groups is 1. The second-order valence-corrected chi connectivity index (χ2v) is 6.94. The Labute approximate surface area is 187 Å². The lowest BCUT2D eigenvalue weighted by atomic mass is 10.1. The average Bonchev–Trinajstić information content (AvgIpc) is 2.81. The van der Waals surface area contributed by atoms with Gasteiger partial charge in [-0.2, -0.15) is 0 Å². The Kier molecular flexibility index (Phi) is 6.00. The smallest absolute Gasteiger partial charge is 0.262 e. The summed E-state index contributed by atoms with van der Waals surface area (Å²) in [5.41, 5.74) is 0.132. The van der Waals surface area contributed by atoms with E-state index in [-0.39, 0.29) is 15.9 Å². The van der Waals surface area contributed by atoms with Gasteiger partial charge in [0.15, 0.2) is 11.1 Å². The normalized spacial score (nSPS) is 11.2. The molecule has 2 aromatic carbocycles. The van der Waals surface area contributed by atoms with Gasteiger partial charge in [-0.15, -0.1) is 0 Å². The largest absolute Gasteiger partial charge is 0.494 e. The number of para-hydroxylation sites is 1. The molecule has 4 rings (SSSR count). The number of benzene rings is 2. The number of nitrogens with zero attached hydrogens (tertiary/aromatic N) is 3. The van der Waals surface area contributed by atoms with Crippen molar-refractivity contribution in [3.05, 3.63) is 99.6 Å². The molecule has 0 aliphatic rings. The van der Waals surface area contributed by atoms with E-state index in [9.17, 15) is 14.7 Å². The van der Waals surface area contributed by atoms with Gasteiger partial charge in [0.25, 0.3) is 5.56 Å². The molecule has 2 N–H and O–H groups in total. The second-order valence-electron chi connectivity index (χ2n) is 6.55. The van der Waals surface area contributed by atoms with Crippen molar-refractivity contribution >= 4 is 30.2 Å². The van der Waals surface area contributed by atoms with Crippen LogP contribution in [0.5, 0.6) is 17.4 Å². The van der Waals surface area contributed by atoms with E-state index in [0.717, 1.165) is 0 Å². The number of aldehydes is 1. The number of H-pyrrole nitrogens is 1. The maximum absolute atomic E-state index is 12.5. The predicted octanol–water partition coefficient (Wildman–Crippen LogP) is 3.92. The van der Waals surface area contributed by atoms with Crippen LogP contribution in [-0.2, 0) is 4.79 Å². The van der Waals surface area contributed by atoms with Gasteiger partial charge in [0.2, 0.25) is 5.88 Å². The lowest BCUT2D eigenvalue weighted by Gasteiger charge is -2.13. The number of hydrogen-bond acceptors (Lipinski definition) is 7. The minimum absolute atomic E-state index is 0.00364. The molecule has 0 unspecified atom stereocenters. The van der Waals surface area contributed by atoms with Gasteiger partial charge in [-0.3, -0.25) is 19.1 Å². The highest BCUT2D eigenvalue weighted by atomic mass is 32.1. The Morgan fingerprint density at radius 1 is 1.06 bits per heavy atom. The molecule has 2 heterocycles. The lowest BCUT2D eigenvalue weighted by molar-refractivity contribution is -0.103. The fraction of sp³-hybridized carbons (Fsp3) is 0. The van der Waals surface area contributed by atoms with E-state index >= 15 is 0 Å². The molecular weight excluding hydrogens is 428 g/mol. The van der Waals surface area contributed by atoms with Crippen LogP contribution < -0.4 is 10.3 Å². The Morgan fingerprint density at radius 3 is 2.44 bits per heavy atom. The van der Waals surface area contributed by atoms with Crippen molar-refractivity contribution in [3.8, 4) is 23.1 Å². The number of aromatic amines is 1. The molecule has 32 heavy (non-hydrogen) atoms. The van der Waals surface area contributed by atoms with Crippen molar-refractivity contribution < 1.29 is 14.6 Å². The molecule has 0 atom stereocenters. The molecule has 0 amide bonds. The zero-order valence-corrected chi connectivity index (χ0v) is 17.3. The van der Waals surface area contributed by atoms with Crippen LogP contribution in [0.4, 0.5) is 0 Å². The number of ether oxygens (including phenoxy) is 1. The predicted molar refractivity (Wildman–Crippen MR) is 121 cm³/mol. The van der Waals surface area contributed by atoms with Crippen LogP contribution in [0.1, 0.15) is 11.3 Å². The van der Waals surface area contributed by atoms with Gasteiger partial charge in [-0.05, 0) is 60.8 Å². The molecule has 0 radical (unpaired) electrons. The minimum atomic E-state index is -0.638. The van der Waals surface area contributed by atoms with E-state index in [1.165, 1.54) is 29.2 Å². The van der Waals surface area contributed by atoms with Crippen LogP contribution in [0.15, 0.2) is 78.0 Å². The standard InChI is InChI=1S/C23H16N4O4S/c28-13-15(20-10-11-24-14-25-20)12-19-21(29)26-23(32)27(22(19)30)16-6-8-18(9-7-16)31-17-4-2-1-3-5-17/h1-14,30H,(H,26,29,32). The molecule has 0 fully saturated rings. The molecule has 8 nitrogen and oxygen atoms in total. The topological polar surface area (TPSA) is 110 Å². The first-order chi connectivity index (χ1) is 15.6. The number of hydrogen-bond donors (Lipinski definition) is 2. The van der Waals surface area contributed by atoms with Crippen molar-refractivity contribution in [2.45, 2.75) is 0 Å². The number of carbonyl (C=O) groups excluding carboxylic acids is 1. The van der Waals surface area contributed by atoms with Crippen LogP contribution in [0, 0.1) is 4.77 Å². The highest BCUT2D eigenvalue weighted by Gasteiger charge is 2.14. The Morgan fingerprint density at radius 2 is 1.78 bits per heavy atom. The Hall–Kier alpha value is -4.37. The molecule has 0 aliphatic carbocycles. The maximum atomic E-state index is 12.5. The van der Waals surface area contributed by atoms with E-state index < -0.39 is 11.4 Å². The molecule has 2 aromatic heterocycles. The molecule has 9 heteroatoms. The summed E-state index contributed by atoms with van der Waals surface area (Å²) in [4.78, 5) is 34.4. The summed E-state index contributed by atoms with van der Waals surface area (Å²) in [5, 5.41) is 10.9. The first-order valence-corrected chi connectivity index (χ1v) is 9.82. The third kappa shape index (κ3) is 4.37. The van der Waals surface area contributed by atoms with Crippen molar-refractivity contribution in [1.82, 2.24) is 19.5 Å². The minimum Gasteiger partial charge on any atom is -0.494 e. The van der Waals surface area contributed by atoms with Gasteiger partial charge in [-0.1, -0.05) is 18.2 Å². The van der Waals surface area contributed by atoms with Crippen LogP contribution in [0.3, 0.4) is 0 Å². The third-order valence-corrected chi connectivity index (χ3v) is 4.78. The molecule has 0 saturated carbocycles. The van der Waals surface area contributed by atoms with Gasteiger partial charge in [-0.25, -0.2) is 9.97 Å². The average molecular weight is 444 g/mol. The number of carbonyl (C=O) groups is 1. The summed E-state index contributed by atoms with van der Waals surface area (Å²) in [7, 11) is 0. The molecule has 158 valence electrons. The number of rotatable bonds is 6. The van der Waals surface area contributed by atoms with Gasteiger partial charge >= 0.3 is 0 Å². The monoisotopic (exact) mass is 444 g/mol. The van der Waals surface area contributed by atoms with Crippen LogP contribution in [0.2, 0.25) is 0 Å². The van der Waals surface area contributed by atoms with E-state index in [1.54, 1.807) is 24.3 Å². The fourth-order valence-electron chi connectivity index (χ4n) is 2.98. The number of allylic oxidation sites excluding steroid dienone is 1. The summed E-state index contributed by atoms with van der Waals surface area (Å²) in [6.45, 7) is 0. The lowest BCUT2D eigenvalue weighted by Crippen LogP contribution is -2.16. The van der Waals surface area contributed by atoms with E-state index in [0.29, 0.717) is 29.2 Å². The van der Waals surface area contributed by atoms with E-state index in [2.05, 4.69) is 15.0 Å². The van der Waals surface area contributed by atoms with Crippen molar-refractivity contribution in [2.75, 3.05) is 0 Å². The number of nitrogens with one attached hydrogen (secondary N) is 1. The summed E-state index contributed by atoms with van der Waals surface area (Å²) in [6.07, 6.45) is 4.54. The molecule has 0 spiro atoms. The second kappa shape index (κ2) is 9.19. The third-order valence-electron chi connectivity index (χ3n) is 4.50. The number of aromatic nitrogens is 4. The highest BCUT2D eigenvalue weighted by molar-refractivity contribution is 7.71. The summed E-state index contributed by atoms with van der Waals surface area (Å²) in [5.74, 6) is 0.855. The molecule has 0 aliphatic heterocycles.